The van der Waals surface area contributed by atoms with E-state index in [9.17, 15) is 0 Å². The first-order valence-corrected chi connectivity index (χ1v) is 6.29. The van der Waals surface area contributed by atoms with Gasteiger partial charge in [0.25, 0.3) is 0 Å². The van der Waals surface area contributed by atoms with E-state index in [0.29, 0.717) is 16.7 Å². The van der Waals surface area contributed by atoms with Crippen LogP contribution in [0.25, 0.3) is 0 Å². The minimum absolute atomic E-state index is 0.262. The standard InChI is InChI=1S/C15H25N/c1-13(2)11-8-7-10(16)9-12(11)14(3,4)15(13,5)6/h7-8,12H,9,16H2,1-6H3. The summed E-state index contributed by atoms with van der Waals surface area (Å²) in [5.41, 5.74) is 9.51. The molecule has 2 N–H and O–H groups in total. The van der Waals surface area contributed by atoms with Gasteiger partial charge in [0.15, 0.2) is 0 Å². The van der Waals surface area contributed by atoms with Gasteiger partial charge in [-0.2, -0.15) is 0 Å². The molecule has 0 saturated heterocycles. The minimum atomic E-state index is 0.262. The van der Waals surface area contributed by atoms with Gasteiger partial charge < -0.3 is 5.73 Å². The van der Waals surface area contributed by atoms with Crippen molar-refractivity contribution in [1.82, 2.24) is 0 Å². The van der Waals surface area contributed by atoms with Gasteiger partial charge in [-0.3, -0.25) is 0 Å². The molecule has 0 radical (unpaired) electrons. The summed E-state index contributed by atoms with van der Waals surface area (Å²) in [6.45, 7) is 14.4. The summed E-state index contributed by atoms with van der Waals surface area (Å²) in [5, 5.41) is 0. The summed E-state index contributed by atoms with van der Waals surface area (Å²) in [6, 6.07) is 0. The van der Waals surface area contributed by atoms with Crippen LogP contribution in [0.15, 0.2) is 23.4 Å². The van der Waals surface area contributed by atoms with Crippen molar-refractivity contribution in [3.8, 4) is 0 Å². The van der Waals surface area contributed by atoms with Crippen LogP contribution in [0.2, 0.25) is 0 Å². The Morgan fingerprint density at radius 1 is 1.06 bits per heavy atom. The molecular formula is C15H25N. The zero-order valence-electron chi connectivity index (χ0n) is 11.5. The van der Waals surface area contributed by atoms with E-state index in [1.165, 1.54) is 0 Å². The maximum absolute atomic E-state index is 6.01. The molecule has 1 fully saturated rings. The third kappa shape index (κ3) is 1.12. The molecule has 90 valence electrons. The molecule has 16 heavy (non-hydrogen) atoms. The molecule has 0 heterocycles. The first kappa shape index (κ1) is 11.8. The summed E-state index contributed by atoms with van der Waals surface area (Å²) >= 11 is 0. The fraction of sp³-hybridized carbons (Fsp3) is 0.733. The number of hydrogen-bond acceptors (Lipinski definition) is 1. The number of fused-ring (bicyclic) bond motifs is 1. The predicted octanol–water partition coefficient (Wildman–Crippen LogP) is 3.87. The maximum atomic E-state index is 6.01. The summed E-state index contributed by atoms with van der Waals surface area (Å²) in [7, 11) is 0. The molecule has 0 aromatic rings. The molecule has 1 saturated carbocycles. The Hall–Kier alpha value is -0.720. The fourth-order valence-electron chi connectivity index (χ4n) is 3.62. The second-order valence-corrected chi connectivity index (χ2v) is 7.09. The predicted molar refractivity (Wildman–Crippen MR) is 69.8 cm³/mol. The average Bonchev–Trinajstić information content (AvgIpc) is 2.24. The van der Waals surface area contributed by atoms with Crippen LogP contribution >= 0.6 is 0 Å². The quantitative estimate of drug-likeness (QED) is 0.657. The van der Waals surface area contributed by atoms with Gasteiger partial charge in [0.05, 0.1) is 0 Å². The molecule has 0 aromatic heterocycles. The van der Waals surface area contributed by atoms with Gasteiger partial charge in [-0.25, -0.2) is 0 Å². The number of hydrogen-bond donors (Lipinski definition) is 1. The molecule has 0 aliphatic heterocycles. The molecule has 0 bridgehead atoms. The highest BCUT2D eigenvalue weighted by atomic mass is 14.7. The third-order valence-electron chi connectivity index (χ3n) is 6.06. The maximum Gasteiger partial charge on any atom is 0.00866 e. The topological polar surface area (TPSA) is 26.0 Å². The average molecular weight is 219 g/mol. The van der Waals surface area contributed by atoms with Crippen LogP contribution in [0.1, 0.15) is 48.0 Å². The van der Waals surface area contributed by atoms with Crippen molar-refractivity contribution in [2.75, 3.05) is 0 Å². The Bertz CT molecular complexity index is 380. The lowest BCUT2D eigenvalue weighted by atomic mass is 9.59. The molecular weight excluding hydrogens is 194 g/mol. The largest absolute Gasteiger partial charge is 0.402 e. The smallest absolute Gasteiger partial charge is 0.00866 e. The minimum Gasteiger partial charge on any atom is -0.402 e. The van der Waals surface area contributed by atoms with Crippen LogP contribution in [0, 0.1) is 22.2 Å². The number of nitrogens with two attached hydrogens (primary N) is 1. The van der Waals surface area contributed by atoms with Crippen LogP contribution in [-0.2, 0) is 0 Å². The summed E-state index contributed by atoms with van der Waals surface area (Å²) in [5.74, 6) is 0.613. The van der Waals surface area contributed by atoms with E-state index in [-0.39, 0.29) is 5.41 Å². The Morgan fingerprint density at radius 2 is 1.62 bits per heavy atom. The van der Waals surface area contributed by atoms with Crippen molar-refractivity contribution in [2.45, 2.75) is 48.0 Å². The van der Waals surface area contributed by atoms with Crippen LogP contribution in [0.4, 0.5) is 0 Å². The van der Waals surface area contributed by atoms with Crippen molar-refractivity contribution in [3.05, 3.63) is 23.4 Å². The second kappa shape index (κ2) is 2.94. The molecule has 1 atom stereocenters. The Labute approximate surface area is 99.8 Å². The Kier molecular flexibility index (Phi) is 2.16. The number of rotatable bonds is 0. The van der Waals surface area contributed by atoms with Gasteiger partial charge >= 0.3 is 0 Å². The Morgan fingerprint density at radius 3 is 2.19 bits per heavy atom. The normalized spacial score (nSPS) is 34.0. The number of allylic oxidation sites excluding steroid dienone is 4. The van der Waals surface area contributed by atoms with Gasteiger partial charge in [-0.05, 0) is 34.7 Å². The molecule has 1 heteroatoms. The highest BCUT2D eigenvalue weighted by Crippen LogP contribution is 2.68. The highest BCUT2D eigenvalue weighted by molar-refractivity contribution is 5.38. The van der Waals surface area contributed by atoms with Crippen LogP contribution in [0.3, 0.4) is 0 Å². The summed E-state index contributed by atoms with van der Waals surface area (Å²) in [6.07, 6.45) is 5.41. The van der Waals surface area contributed by atoms with Gasteiger partial charge in [0, 0.05) is 5.70 Å². The third-order valence-corrected chi connectivity index (χ3v) is 6.06. The van der Waals surface area contributed by atoms with E-state index in [4.69, 9.17) is 5.73 Å². The van der Waals surface area contributed by atoms with Crippen LogP contribution in [0.5, 0.6) is 0 Å². The first-order valence-electron chi connectivity index (χ1n) is 6.29. The van der Waals surface area contributed by atoms with E-state index in [1.54, 1.807) is 5.57 Å². The van der Waals surface area contributed by atoms with Crippen LogP contribution in [-0.4, -0.2) is 0 Å². The molecule has 0 spiro atoms. The molecule has 1 nitrogen and oxygen atoms in total. The van der Waals surface area contributed by atoms with E-state index >= 15 is 0 Å². The molecule has 2 rings (SSSR count). The van der Waals surface area contributed by atoms with E-state index in [0.717, 1.165) is 12.1 Å². The molecule has 2 aliphatic rings. The van der Waals surface area contributed by atoms with Crippen molar-refractivity contribution >= 4 is 0 Å². The van der Waals surface area contributed by atoms with Crippen molar-refractivity contribution in [2.24, 2.45) is 27.9 Å². The molecule has 0 amide bonds. The van der Waals surface area contributed by atoms with Gasteiger partial charge in [0.2, 0.25) is 0 Å². The highest BCUT2D eigenvalue weighted by Gasteiger charge is 2.61. The van der Waals surface area contributed by atoms with Gasteiger partial charge in [0.1, 0.15) is 0 Å². The SMILES string of the molecule is CC1(C)C2=CC=C(N)CC2C(C)(C)C1(C)C. The zero-order valence-corrected chi connectivity index (χ0v) is 11.5. The molecule has 2 aliphatic carbocycles. The lowest BCUT2D eigenvalue weighted by Crippen LogP contribution is -2.38. The van der Waals surface area contributed by atoms with E-state index in [1.807, 2.05) is 0 Å². The van der Waals surface area contributed by atoms with Gasteiger partial charge in [-0.1, -0.05) is 53.2 Å². The van der Waals surface area contributed by atoms with Crippen LogP contribution < -0.4 is 5.73 Å². The molecule has 1 unspecified atom stereocenters. The Balaban J connectivity index is 2.59. The lowest BCUT2D eigenvalue weighted by Gasteiger charge is -2.44. The monoisotopic (exact) mass is 219 g/mol. The molecule has 0 aromatic carbocycles. The van der Waals surface area contributed by atoms with Crippen molar-refractivity contribution in [1.29, 1.82) is 0 Å². The van der Waals surface area contributed by atoms with E-state index in [2.05, 4.69) is 53.7 Å². The van der Waals surface area contributed by atoms with Crippen molar-refractivity contribution < 1.29 is 0 Å². The first-order chi connectivity index (χ1) is 7.12. The lowest BCUT2D eigenvalue weighted by molar-refractivity contribution is 0.0400. The fourth-order valence-corrected chi connectivity index (χ4v) is 3.62. The summed E-state index contributed by atoms with van der Waals surface area (Å²) < 4.78 is 0. The zero-order chi connectivity index (χ0) is 12.4. The van der Waals surface area contributed by atoms with Crippen molar-refractivity contribution in [3.63, 3.8) is 0 Å². The summed E-state index contributed by atoms with van der Waals surface area (Å²) in [4.78, 5) is 0. The van der Waals surface area contributed by atoms with E-state index < -0.39 is 0 Å². The van der Waals surface area contributed by atoms with Gasteiger partial charge in [-0.15, -0.1) is 0 Å². The second-order valence-electron chi connectivity index (χ2n) is 7.09.